The average Bonchev–Trinajstić information content (AvgIpc) is 2.26. The van der Waals surface area contributed by atoms with E-state index in [1.807, 2.05) is 0 Å². The Kier molecular flexibility index (Phi) is 4.13. The van der Waals surface area contributed by atoms with E-state index < -0.39 is 36.0 Å². The molecule has 1 saturated carbocycles. The van der Waals surface area contributed by atoms with Crippen LogP contribution in [0.15, 0.2) is 18.2 Å². The van der Waals surface area contributed by atoms with Crippen LogP contribution in [0.25, 0.3) is 0 Å². The summed E-state index contributed by atoms with van der Waals surface area (Å²) in [6.07, 6.45) is -1.52. The average molecular weight is 333 g/mol. The van der Waals surface area contributed by atoms with Gasteiger partial charge in [0.05, 0.1) is 16.2 Å². The van der Waals surface area contributed by atoms with Gasteiger partial charge in [-0.05, 0) is 38.5 Å². The maximum Gasteiger partial charge on any atom is 0.412 e. The molecule has 1 aliphatic carbocycles. The number of hydrogen-bond acceptors (Lipinski definition) is 3. The Bertz CT molecular complexity index is 592. The van der Waals surface area contributed by atoms with Gasteiger partial charge in [-0.15, -0.1) is 0 Å². The molecule has 22 heavy (non-hydrogen) atoms. The zero-order chi connectivity index (χ0) is 16.8. The molecule has 4 nitrogen and oxygen atoms in total. The van der Waals surface area contributed by atoms with Crippen LogP contribution >= 0.6 is 11.6 Å². The standard InChI is InChI=1S/C15H19ClF2N2O2/c1-13(2,3)22-12(21)20-11-6-9(4-5-10(11)16)14(19)7-15(17,18)8-14/h4-6H,7-8,19H2,1-3H3,(H,20,21). The molecule has 122 valence electrons. The van der Waals surface area contributed by atoms with Gasteiger partial charge in [-0.25, -0.2) is 13.6 Å². The van der Waals surface area contributed by atoms with Gasteiger partial charge in [0.25, 0.3) is 5.92 Å². The second-order valence-corrected chi connectivity index (χ2v) is 7.09. The van der Waals surface area contributed by atoms with E-state index in [4.69, 9.17) is 22.1 Å². The van der Waals surface area contributed by atoms with Crippen molar-refractivity contribution in [3.05, 3.63) is 28.8 Å². The van der Waals surface area contributed by atoms with Gasteiger partial charge < -0.3 is 10.5 Å². The molecule has 0 aliphatic heterocycles. The Hall–Kier alpha value is -1.40. The van der Waals surface area contributed by atoms with Crippen LogP contribution in [0.3, 0.4) is 0 Å². The number of nitrogens with two attached hydrogens (primary N) is 1. The Labute approximate surface area is 133 Å². The van der Waals surface area contributed by atoms with Crippen LogP contribution in [0.5, 0.6) is 0 Å². The third-order valence-corrected chi connectivity index (χ3v) is 3.65. The number of carbonyl (C=O) groups is 1. The van der Waals surface area contributed by atoms with Crippen molar-refractivity contribution in [2.75, 3.05) is 5.32 Å². The second-order valence-electron chi connectivity index (χ2n) is 6.69. The van der Waals surface area contributed by atoms with Crippen molar-refractivity contribution in [2.24, 2.45) is 5.73 Å². The maximum atomic E-state index is 13.1. The zero-order valence-electron chi connectivity index (χ0n) is 12.7. The van der Waals surface area contributed by atoms with Gasteiger partial charge in [-0.1, -0.05) is 17.7 Å². The molecule has 0 heterocycles. The van der Waals surface area contributed by atoms with Gasteiger partial charge in [0.15, 0.2) is 0 Å². The number of carbonyl (C=O) groups excluding carboxylic acids is 1. The lowest BCUT2D eigenvalue weighted by atomic mass is 9.70. The van der Waals surface area contributed by atoms with Gasteiger partial charge >= 0.3 is 6.09 Å². The third-order valence-electron chi connectivity index (χ3n) is 3.33. The summed E-state index contributed by atoms with van der Waals surface area (Å²) >= 11 is 6.02. The Morgan fingerprint density at radius 3 is 2.45 bits per heavy atom. The topological polar surface area (TPSA) is 64.3 Å². The van der Waals surface area contributed by atoms with Crippen molar-refractivity contribution in [1.29, 1.82) is 0 Å². The molecule has 0 unspecified atom stereocenters. The van der Waals surface area contributed by atoms with Crippen LogP contribution in [-0.2, 0) is 10.3 Å². The largest absolute Gasteiger partial charge is 0.444 e. The predicted molar refractivity (Wildman–Crippen MR) is 81.4 cm³/mol. The molecule has 3 N–H and O–H groups in total. The molecule has 0 atom stereocenters. The highest BCUT2D eigenvalue weighted by atomic mass is 35.5. The van der Waals surface area contributed by atoms with E-state index in [-0.39, 0.29) is 10.7 Å². The van der Waals surface area contributed by atoms with E-state index >= 15 is 0 Å². The zero-order valence-corrected chi connectivity index (χ0v) is 13.4. The first-order valence-corrected chi connectivity index (χ1v) is 7.25. The SMILES string of the molecule is CC(C)(C)OC(=O)Nc1cc(C2(N)CC(F)(F)C2)ccc1Cl. The molecule has 0 spiro atoms. The second kappa shape index (κ2) is 5.35. The minimum absolute atomic E-state index is 0.282. The highest BCUT2D eigenvalue weighted by Gasteiger charge is 2.55. The van der Waals surface area contributed by atoms with E-state index in [2.05, 4.69) is 5.32 Å². The number of benzene rings is 1. The van der Waals surface area contributed by atoms with Crippen molar-refractivity contribution in [3.63, 3.8) is 0 Å². The smallest absolute Gasteiger partial charge is 0.412 e. The van der Waals surface area contributed by atoms with E-state index in [0.717, 1.165) is 0 Å². The maximum absolute atomic E-state index is 13.1. The van der Waals surface area contributed by atoms with Crippen molar-refractivity contribution >= 4 is 23.4 Å². The summed E-state index contributed by atoms with van der Waals surface area (Å²) in [4.78, 5) is 11.8. The number of anilines is 1. The van der Waals surface area contributed by atoms with Gasteiger partial charge in [-0.2, -0.15) is 0 Å². The van der Waals surface area contributed by atoms with Crippen molar-refractivity contribution in [3.8, 4) is 0 Å². The minimum Gasteiger partial charge on any atom is -0.444 e. The molecule has 0 bridgehead atoms. The van der Waals surface area contributed by atoms with Crippen LogP contribution in [-0.4, -0.2) is 17.6 Å². The number of alkyl halides is 2. The van der Waals surface area contributed by atoms with Crippen LogP contribution < -0.4 is 11.1 Å². The summed E-state index contributed by atoms with van der Waals surface area (Å²) < 4.78 is 31.3. The lowest BCUT2D eigenvalue weighted by Crippen LogP contribution is -2.55. The summed E-state index contributed by atoms with van der Waals surface area (Å²) in [5.74, 6) is -2.74. The van der Waals surface area contributed by atoms with Gasteiger partial charge in [0.1, 0.15) is 5.60 Å². The number of rotatable bonds is 2. The molecule has 1 aliphatic rings. The summed E-state index contributed by atoms with van der Waals surface area (Å²) in [6.45, 7) is 5.20. The lowest BCUT2D eigenvalue weighted by molar-refractivity contribution is -0.125. The minimum atomic E-state index is -2.74. The molecular weight excluding hydrogens is 314 g/mol. The fraction of sp³-hybridized carbons (Fsp3) is 0.533. The van der Waals surface area contributed by atoms with E-state index in [1.165, 1.54) is 12.1 Å². The third kappa shape index (κ3) is 3.87. The fourth-order valence-electron chi connectivity index (χ4n) is 2.42. The predicted octanol–water partition coefficient (Wildman–Crippen LogP) is 4.27. The molecule has 0 radical (unpaired) electrons. The summed E-state index contributed by atoms with van der Waals surface area (Å²) in [5.41, 5.74) is 5.03. The monoisotopic (exact) mass is 332 g/mol. The summed E-state index contributed by atoms with van der Waals surface area (Å²) in [7, 11) is 0. The number of halogens is 3. The first kappa shape index (κ1) is 17.0. The molecule has 0 saturated heterocycles. The number of nitrogens with one attached hydrogen (secondary N) is 1. The van der Waals surface area contributed by atoms with Crippen LogP contribution in [0, 0.1) is 0 Å². The molecule has 0 aromatic heterocycles. The highest BCUT2D eigenvalue weighted by Crippen LogP contribution is 2.50. The summed E-state index contributed by atoms with van der Waals surface area (Å²) in [6, 6.07) is 4.63. The first-order chi connectivity index (χ1) is 9.90. The summed E-state index contributed by atoms with van der Waals surface area (Å²) in [5, 5.41) is 2.79. The normalized spacial score (nSPS) is 19.2. The molecule has 7 heteroatoms. The van der Waals surface area contributed by atoms with E-state index in [0.29, 0.717) is 5.56 Å². The molecule has 1 aromatic rings. The Morgan fingerprint density at radius 2 is 1.95 bits per heavy atom. The van der Waals surface area contributed by atoms with Crippen LogP contribution in [0.4, 0.5) is 19.3 Å². The number of hydrogen-bond donors (Lipinski definition) is 2. The van der Waals surface area contributed by atoms with Gasteiger partial charge in [0.2, 0.25) is 0 Å². The van der Waals surface area contributed by atoms with Crippen molar-refractivity contribution in [2.45, 2.75) is 50.7 Å². The van der Waals surface area contributed by atoms with Gasteiger partial charge in [0, 0.05) is 12.8 Å². The number of amides is 1. The van der Waals surface area contributed by atoms with Gasteiger partial charge in [-0.3, -0.25) is 5.32 Å². The molecular formula is C15H19ClF2N2O2. The van der Waals surface area contributed by atoms with E-state index in [9.17, 15) is 13.6 Å². The van der Waals surface area contributed by atoms with E-state index in [1.54, 1.807) is 26.8 Å². The molecule has 1 aromatic carbocycles. The van der Waals surface area contributed by atoms with Crippen LogP contribution in [0.2, 0.25) is 5.02 Å². The molecule has 2 rings (SSSR count). The fourth-order valence-corrected chi connectivity index (χ4v) is 2.58. The Balaban J connectivity index is 2.16. The Morgan fingerprint density at radius 1 is 1.36 bits per heavy atom. The number of ether oxygens (including phenoxy) is 1. The highest BCUT2D eigenvalue weighted by molar-refractivity contribution is 6.33. The molecule has 1 fully saturated rings. The lowest BCUT2D eigenvalue weighted by Gasteiger charge is -2.45. The van der Waals surface area contributed by atoms with Crippen molar-refractivity contribution < 1.29 is 18.3 Å². The van der Waals surface area contributed by atoms with Crippen LogP contribution in [0.1, 0.15) is 39.2 Å². The molecule has 1 amide bonds. The first-order valence-electron chi connectivity index (χ1n) is 6.87. The van der Waals surface area contributed by atoms with Crippen molar-refractivity contribution in [1.82, 2.24) is 0 Å². The quantitative estimate of drug-likeness (QED) is 0.850.